The van der Waals surface area contributed by atoms with Gasteiger partial charge in [0.1, 0.15) is 5.58 Å². The monoisotopic (exact) mass is 287 g/mol. The maximum absolute atomic E-state index is 12.5. The number of carbonyl (C=O) groups is 1. The van der Waals surface area contributed by atoms with Gasteiger partial charge >= 0.3 is 0 Å². The third-order valence-corrected chi connectivity index (χ3v) is 3.97. The van der Waals surface area contributed by atoms with Crippen molar-refractivity contribution in [3.63, 3.8) is 0 Å². The van der Waals surface area contributed by atoms with Crippen LogP contribution in [0.3, 0.4) is 0 Å². The van der Waals surface area contributed by atoms with Crippen LogP contribution in [0.1, 0.15) is 17.0 Å². The van der Waals surface area contributed by atoms with Gasteiger partial charge in [-0.25, -0.2) is 0 Å². The van der Waals surface area contributed by atoms with Gasteiger partial charge in [-0.05, 0) is 31.6 Å². The minimum absolute atomic E-state index is 0.00956. The van der Waals surface area contributed by atoms with Crippen LogP contribution < -0.4 is 5.73 Å². The molecule has 0 atom stereocenters. The number of para-hydroxylation sites is 1. The van der Waals surface area contributed by atoms with E-state index in [-0.39, 0.29) is 5.91 Å². The van der Waals surface area contributed by atoms with Crippen molar-refractivity contribution in [3.05, 3.63) is 36.1 Å². The number of fused-ring (bicyclic) bond motifs is 1. The van der Waals surface area contributed by atoms with Crippen LogP contribution in [0.5, 0.6) is 0 Å². The second-order valence-electron chi connectivity index (χ2n) is 5.42. The maximum Gasteiger partial charge on any atom is 0.289 e. The third-order valence-electron chi connectivity index (χ3n) is 3.97. The summed E-state index contributed by atoms with van der Waals surface area (Å²) in [6.45, 7) is 5.06. The average molecular weight is 287 g/mol. The lowest BCUT2D eigenvalue weighted by Crippen LogP contribution is -2.48. The van der Waals surface area contributed by atoms with Gasteiger partial charge in [-0.1, -0.05) is 18.2 Å². The Bertz CT molecular complexity index is 582. The molecule has 0 bridgehead atoms. The summed E-state index contributed by atoms with van der Waals surface area (Å²) in [5, 5.41) is 0.974. The lowest BCUT2D eigenvalue weighted by atomic mass is 10.2. The van der Waals surface area contributed by atoms with Gasteiger partial charge in [0.05, 0.1) is 0 Å². The highest BCUT2D eigenvalue weighted by Gasteiger charge is 2.24. The predicted molar refractivity (Wildman–Crippen MR) is 82.2 cm³/mol. The summed E-state index contributed by atoms with van der Waals surface area (Å²) in [6.07, 6.45) is 1.01. The lowest BCUT2D eigenvalue weighted by Gasteiger charge is -2.34. The van der Waals surface area contributed by atoms with Crippen LogP contribution >= 0.6 is 0 Å². The Morgan fingerprint density at radius 2 is 1.95 bits per heavy atom. The molecule has 1 aliphatic heterocycles. The summed E-state index contributed by atoms with van der Waals surface area (Å²) in [5.74, 6) is 0.427. The molecule has 0 spiro atoms. The Morgan fingerprint density at radius 3 is 2.67 bits per heavy atom. The quantitative estimate of drug-likeness (QED) is 0.926. The van der Waals surface area contributed by atoms with E-state index in [1.165, 1.54) is 0 Å². The van der Waals surface area contributed by atoms with Crippen molar-refractivity contribution in [3.8, 4) is 0 Å². The first kappa shape index (κ1) is 14.1. The molecule has 1 saturated heterocycles. The van der Waals surface area contributed by atoms with E-state index >= 15 is 0 Å². The van der Waals surface area contributed by atoms with Gasteiger partial charge in [-0.3, -0.25) is 9.69 Å². The third kappa shape index (κ3) is 3.09. The Hall–Kier alpha value is -1.85. The molecule has 0 saturated carbocycles. The van der Waals surface area contributed by atoms with E-state index in [1.807, 2.05) is 35.2 Å². The molecule has 2 aromatic rings. The van der Waals surface area contributed by atoms with Crippen LogP contribution in [0.4, 0.5) is 0 Å². The second-order valence-corrected chi connectivity index (χ2v) is 5.42. The molecule has 0 aliphatic carbocycles. The zero-order valence-electron chi connectivity index (χ0n) is 12.1. The molecular weight excluding hydrogens is 266 g/mol. The average Bonchev–Trinajstić information content (AvgIpc) is 2.96. The summed E-state index contributed by atoms with van der Waals surface area (Å²) < 4.78 is 5.65. The van der Waals surface area contributed by atoms with E-state index in [2.05, 4.69) is 4.90 Å². The van der Waals surface area contributed by atoms with Crippen LogP contribution in [-0.2, 0) is 0 Å². The maximum atomic E-state index is 12.5. The topological polar surface area (TPSA) is 62.7 Å². The van der Waals surface area contributed by atoms with Crippen molar-refractivity contribution >= 4 is 16.9 Å². The fourth-order valence-electron chi connectivity index (χ4n) is 2.73. The number of rotatable bonds is 4. The van der Waals surface area contributed by atoms with E-state index in [1.54, 1.807) is 0 Å². The fraction of sp³-hybridized carbons (Fsp3) is 0.438. The van der Waals surface area contributed by atoms with E-state index in [0.717, 1.165) is 56.7 Å². The number of furan rings is 1. The van der Waals surface area contributed by atoms with Crippen LogP contribution in [0.25, 0.3) is 11.0 Å². The molecule has 5 nitrogen and oxygen atoms in total. The van der Waals surface area contributed by atoms with Crippen LogP contribution in [0.2, 0.25) is 0 Å². The summed E-state index contributed by atoms with van der Waals surface area (Å²) in [6, 6.07) is 9.54. The van der Waals surface area contributed by atoms with Gasteiger partial charge in [-0.15, -0.1) is 0 Å². The van der Waals surface area contributed by atoms with Gasteiger partial charge in [0, 0.05) is 31.6 Å². The number of amides is 1. The van der Waals surface area contributed by atoms with Crippen LogP contribution in [0, 0.1) is 0 Å². The largest absolute Gasteiger partial charge is 0.451 e. The van der Waals surface area contributed by atoms with Crippen molar-refractivity contribution in [2.24, 2.45) is 5.73 Å². The lowest BCUT2D eigenvalue weighted by molar-refractivity contribution is 0.0608. The molecule has 1 aliphatic rings. The number of benzene rings is 1. The highest BCUT2D eigenvalue weighted by Crippen LogP contribution is 2.20. The highest BCUT2D eigenvalue weighted by atomic mass is 16.3. The molecular formula is C16H21N3O2. The first-order valence-corrected chi connectivity index (χ1v) is 7.48. The first-order chi connectivity index (χ1) is 10.3. The summed E-state index contributed by atoms with van der Waals surface area (Å²) in [7, 11) is 0. The van der Waals surface area contributed by atoms with Gasteiger partial charge in [0.15, 0.2) is 5.76 Å². The molecule has 0 unspecified atom stereocenters. The van der Waals surface area contributed by atoms with Crippen LogP contribution in [-0.4, -0.2) is 55.0 Å². The van der Waals surface area contributed by atoms with Crippen molar-refractivity contribution in [1.29, 1.82) is 0 Å². The van der Waals surface area contributed by atoms with Gasteiger partial charge < -0.3 is 15.1 Å². The van der Waals surface area contributed by atoms with Crippen molar-refractivity contribution in [1.82, 2.24) is 9.80 Å². The molecule has 2 N–H and O–H groups in total. The molecule has 0 radical (unpaired) electrons. The van der Waals surface area contributed by atoms with Crippen LogP contribution in [0.15, 0.2) is 34.7 Å². The standard InChI is InChI=1S/C16H21N3O2/c17-6-3-7-18-8-10-19(11-9-18)16(20)15-12-13-4-1-2-5-14(13)21-15/h1-2,4-5,12H,3,6-11,17H2. The second kappa shape index (κ2) is 6.28. The Morgan fingerprint density at radius 1 is 1.19 bits per heavy atom. The van der Waals surface area contributed by atoms with Gasteiger partial charge in [-0.2, -0.15) is 0 Å². The molecule has 5 heteroatoms. The summed E-state index contributed by atoms with van der Waals surface area (Å²) >= 11 is 0. The molecule has 3 rings (SSSR count). The molecule has 2 heterocycles. The van der Waals surface area contributed by atoms with E-state index in [9.17, 15) is 4.79 Å². The zero-order chi connectivity index (χ0) is 14.7. The van der Waals surface area contributed by atoms with E-state index in [0.29, 0.717) is 5.76 Å². The molecule has 1 aromatic heterocycles. The van der Waals surface area contributed by atoms with E-state index in [4.69, 9.17) is 10.2 Å². The SMILES string of the molecule is NCCCN1CCN(C(=O)c2cc3ccccc3o2)CC1. The van der Waals surface area contributed by atoms with Gasteiger partial charge in [0.25, 0.3) is 5.91 Å². The van der Waals surface area contributed by atoms with Crippen molar-refractivity contribution in [2.45, 2.75) is 6.42 Å². The minimum Gasteiger partial charge on any atom is -0.451 e. The number of piperazine rings is 1. The molecule has 1 fully saturated rings. The number of nitrogens with two attached hydrogens (primary N) is 1. The predicted octanol–water partition coefficient (Wildman–Crippen LogP) is 1.54. The van der Waals surface area contributed by atoms with Gasteiger partial charge in [0.2, 0.25) is 0 Å². The summed E-state index contributed by atoms with van der Waals surface area (Å²) in [5.41, 5.74) is 6.30. The Labute approximate surface area is 124 Å². The first-order valence-electron chi connectivity index (χ1n) is 7.48. The number of carbonyl (C=O) groups excluding carboxylic acids is 1. The normalized spacial score (nSPS) is 16.5. The number of nitrogens with zero attached hydrogens (tertiary/aromatic N) is 2. The number of hydrogen-bond donors (Lipinski definition) is 1. The number of hydrogen-bond acceptors (Lipinski definition) is 4. The molecule has 1 amide bonds. The fourth-order valence-corrected chi connectivity index (χ4v) is 2.73. The molecule has 21 heavy (non-hydrogen) atoms. The minimum atomic E-state index is -0.00956. The summed E-state index contributed by atoms with van der Waals surface area (Å²) in [4.78, 5) is 16.7. The Balaban J connectivity index is 1.63. The molecule has 1 aromatic carbocycles. The zero-order valence-corrected chi connectivity index (χ0v) is 12.1. The highest BCUT2D eigenvalue weighted by molar-refractivity contribution is 5.96. The smallest absolute Gasteiger partial charge is 0.289 e. The van der Waals surface area contributed by atoms with Crippen molar-refractivity contribution in [2.75, 3.05) is 39.3 Å². The van der Waals surface area contributed by atoms with E-state index < -0.39 is 0 Å². The Kier molecular flexibility index (Phi) is 4.22. The van der Waals surface area contributed by atoms with Crippen molar-refractivity contribution < 1.29 is 9.21 Å². The molecule has 112 valence electrons.